The highest BCUT2D eigenvalue weighted by Gasteiger charge is 2.33. The number of carbonyl (C=O) groups is 1. The van der Waals surface area contributed by atoms with E-state index in [1.165, 1.54) is 18.2 Å². The molecule has 0 aliphatic carbocycles. The van der Waals surface area contributed by atoms with E-state index in [2.05, 4.69) is 6.92 Å². The van der Waals surface area contributed by atoms with Crippen molar-refractivity contribution >= 4 is 5.78 Å². The van der Waals surface area contributed by atoms with Crippen molar-refractivity contribution in [3.05, 3.63) is 23.8 Å². The third-order valence-electron chi connectivity index (χ3n) is 3.31. The molecule has 4 nitrogen and oxygen atoms in total. The number of unbranched alkanes of at least 4 members (excludes halogenated alkanes) is 1. The van der Waals surface area contributed by atoms with E-state index in [9.17, 15) is 15.0 Å². The average Bonchev–Trinajstić information content (AvgIpc) is 2.41. The van der Waals surface area contributed by atoms with E-state index in [4.69, 9.17) is 4.74 Å². The first-order chi connectivity index (χ1) is 8.94. The number of Topliss-reactive ketones (excluding diaryl/α,β-unsaturated/α-hetero) is 1. The topological polar surface area (TPSA) is 66.8 Å². The van der Waals surface area contributed by atoms with E-state index in [1.54, 1.807) is 6.92 Å². The lowest BCUT2D eigenvalue weighted by Crippen LogP contribution is -2.38. The molecular weight excluding hydrogens is 244 g/mol. The molecule has 1 aromatic carbocycles. The third-order valence-corrected chi connectivity index (χ3v) is 3.31. The van der Waals surface area contributed by atoms with E-state index >= 15 is 0 Å². The van der Waals surface area contributed by atoms with E-state index in [0.717, 1.165) is 12.8 Å². The quantitative estimate of drug-likeness (QED) is 0.451. The fourth-order valence-electron chi connectivity index (χ4n) is 1.74. The van der Waals surface area contributed by atoms with Gasteiger partial charge in [0.25, 0.3) is 0 Å². The molecule has 0 saturated carbocycles. The molecule has 0 bridgehead atoms. The van der Waals surface area contributed by atoms with Gasteiger partial charge in [-0.2, -0.15) is 0 Å². The highest BCUT2D eigenvalue weighted by Crippen LogP contribution is 2.29. The van der Waals surface area contributed by atoms with Crippen molar-refractivity contribution in [2.24, 2.45) is 0 Å². The number of phenolic OH excluding ortho intramolecular Hbond substituents is 2. The van der Waals surface area contributed by atoms with Crippen LogP contribution in [0.2, 0.25) is 0 Å². The first-order valence-corrected chi connectivity index (χ1v) is 6.65. The number of hydrogen-bond donors (Lipinski definition) is 2. The fourth-order valence-corrected chi connectivity index (χ4v) is 1.74. The van der Waals surface area contributed by atoms with Crippen LogP contribution >= 0.6 is 0 Å². The maximum atomic E-state index is 12.4. The molecule has 0 fully saturated rings. The number of hydrogen-bond acceptors (Lipinski definition) is 4. The van der Waals surface area contributed by atoms with Crippen molar-refractivity contribution in [1.29, 1.82) is 0 Å². The summed E-state index contributed by atoms with van der Waals surface area (Å²) < 4.78 is 5.71. The predicted octanol–water partition coefficient (Wildman–Crippen LogP) is 3.27. The zero-order valence-electron chi connectivity index (χ0n) is 11.8. The number of carbonyl (C=O) groups excluding carboxylic acids is 1. The van der Waals surface area contributed by atoms with Crippen molar-refractivity contribution in [2.75, 3.05) is 6.61 Å². The third kappa shape index (κ3) is 3.70. The van der Waals surface area contributed by atoms with Gasteiger partial charge in [-0.05, 0) is 38.0 Å². The molecule has 0 aromatic heterocycles. The van der Waals surface area contributed by atoms with Gasteiger partial charge in [0.1, 0.15) is 5.60 Å². The second-order valence-corrected chi connectivity index (χ2v) is 4.82. The van der Waals surface area contributed by atoms with Gasteiger partial charge in [0.2, 0.25) is 0 Å². The lowest BCUT2D eigenvalue weighted by Gasteiger charge is -2.27. The molecule has 0 radical (unpaired) electrons. The molecule has 1 atom stereocenters. The second-order valence-electron chi connectivity index (χ2n) is 4.82. The minimum Gasteiger partial charge on any atom is -0.504 e. The molecule has 1 aromatic rings. The summed E-state index contributed by atoms with van der Waals surface area (Å²) in [5, 5.41) is 18.7. The van der Waals surface area contributed by atoms with Gasteiger partial charge >= 0.3 is 0 Å². The molecule has 0 aliphatic rings. The normalized spacial score (nSPS) is 14.1. The standard InChI is InChI=1S/C15H22O4/c1-4-6-9-19-15(3,5-2)14(18)11-7-8-12(16)13(17)10-11/h7-8,10,16-17H,4-6,9H2,1-3H3. The van der Waals surface area contributed by atoms with Crippen LogP contribution in [0.5, 0.6) is 11.5 Å². The minimum absolute atomic E-state index is 0.179. The molecule has 19 heavy (non-hydrogen) atoms. The van der Waals surface area contributed by atoms with Gasteiger partial charge in [-0.3, -0.25) is 4.79 Å². The summed E-state index contributed by atoms with van der Waals surface area (Å²) in [6.45, 7) is 6.25. The van der Waals surface area contributed by atoms with Crippen LogP contribution in [-0.4, -0.2) is 28.2 Å². The van der Waals surface area contributed by atoms with E-state index in [0.29, 0.717) is 18.6 Å². The summed E-state index contributed by atoms with van der Waals surface area (Å²) in [5.41, 5.74) is -0.547. The molecule has 2 N–H and O–H groups in total. The summed E-state index contributed by atoms with van der Waals surface area (Å²) in [4.78, 5) is 12.4. The van der Waals surface area contributed by atoms with Crippen LogP contribution in [-0.2, 0) is 4.74 Å². The highest BCUT2D eigenvalue weighted by atomic mass is 16.5. The van der Waals surface area contributed by atoms with Gasteiger partial charge in [-0.15, -0.1) is 0 Å². The molecule has 0 spiro atoms. The van der Waals surface area contributed by atoms with Crippen LogP contribution in [0.1, 0.15) is 50.4 Å². The zero-order chi connectivity index (χ0) is 14.5. The van der Waals surface area contributed by atoms with E-state index < -0.39 is 5.60 Å². The Morgan fingerprint density at radius 2 is 1.95 bits per heavy atom. The van der Waals surface area contributed by atoms with Gasteiger partial charge < -0.3 is 14.9 Å². The van der Waals surface area contributed by atoms with Crippen molar-refractivity contribution in [1.82, 2.24) is 0 Å². The molecule has 1 unspecified atom stereocenters. The molecule has 0 heterocycles. The van der Waals surface area contributed by atoms with Gasteiger partial charge in [-0.1, -0.05) is 20.3 Å². The molecule has 106 valence electrons. The number of rotatable bonds is 7. The Balaban J connectivity index is 2.90. The summed E-state index contributed by atoms with van der Waals surface area (Å²) in [6, 6.07) is 4.08. The largest absolute Gasteiger partial charge is 0.504 e. The number of aromatic hydroxyl groups is 2. The molecule has 1 rings (SSSR count). The van der Waals surface area contributed by atoms with Crippen LogP contribution < -0.4 is 0 Å². The average molecular weight is 266 g/mol. The monoisotopic (exact) mass is 266 g/mol. The molecule has 0 aliphatic heterocycles. The van der Waals surface area contributed by atoms with Crippen molar-refractivity contribution < 1.29 is 19.7 Å². The minimum atomic E-state index is -0.890. The van der Waals surface area contributed by atoms with Crippen molar-refractivity contribution in [3.8, 4) is 11.5 Å². The Morgan fingerprint density at radius 3 is 2.47 bits per heavy atom. The molecule has 4 heteroatoms. The Kier molecular flexibility index (Phi) is 5.36. The van der Waals surface area contributed by atoms with Crippen LogP contribution in [0.4, 0.5) is 0 Å². The number of benzene rings is 1. The molecule has 0 amide bonds. The number of ketones is 1. The number of phenols is 2. The van der Waals surface area contributed by atoms with Crippen LogP contribution in [0, 0.1) is 0 Å². The van der Waals surface area contributed by atoms with Gasteiger partial charge in [0.15, 0.2) is 17.3 Å². The molecular formula is C15H22O4. The van der Waals surface area contributed by atoms with E-state index in [1.807, 2.05) is 6.92 Å². The smallest absolute Gasteiger partial charge is 0.194 e. The van der Waals surface area contributed by atoms with Crippen molar-refractivity contribution in [3.63, 3.8) is 0 Å². The van der Waals surface area contributed by atoms with Gasteiger partial charge in [0, 0.05) is 12.2 Å². The summed E-state index contributed by atoms with van der Waals surface area (Å²) in [6.07, 6.45) is 2.47. The van der Waals surface area contributed by atoms with Crippen molar-refractivity contribution in [2.45, 2.75) is 45.6 Å². The fraction of sp³-hybridized carbons (Fsp3) is 0.533. The summed E-state index contributed by atoms with van der Waals surface area (Å²) in [5.74, 6) is -0.707. The first kappa shape index (κ1) is 15.5. The Bertz CT molecular complexity index is 442. The summed E-state index contributed by atoms with van der Waals surface area (Å²) >= 11 is 0. The lowest BCUT2D eigenvalue weighted by molar-refractivity contribution is -0.0182. The second kappa shape index (κ2) is 6.57. The number of ether oxygens (including phenoxy) is 1. The van der Waals surface area contributed by atoms with Gasteiger partial charge in [0.05, 0.1) is 0 Å². The lowest BCUT2D eigenvalue weighted by atomic mass is 9.91. The maximum absolute atomic E-state index is 12.4. The zero-order valence-corrected chi connectivity index (χ0v) is 11.8. The molecule has 0 saturated heterocycles. The SMILES string of the molecule is CCCCOC(C)(CC)C(=O)c1ccc(O)c(O)c1. The van der Waals surface area contributed by atoms with Crippen LogP contribution in [0.3, 0.4) is 0 Å². The van der Waals surface area contributed by atoms with Crippen LogP contribution in [0.15, 0.2) is 18.2 Å². The predicted molar refractivity (Wildman–Crippen MR) is 73.7 cm³/mol. The van der Waals surface area contributed by atoms with E-state index in [-0.39, 0.29) is 17.3 Å². The highest BCUT2D eigenvalue weighted by molar-refractivity contribution is 6.02. The maximum Gasteiger partial charge on any atom is 0.194 e. The Hall–Kier alpha value is -1.55. The Morgan fingerprint density at radius 1 is 1.26 bits per heavy atom. The van der Waals surface area contributed by atoms with Gasteiger partial charge in [-0.25, -0.2) is 0 Å². The Labute approximate surface area is 114 Å². The summed E-state index contributed by atoms with van der Waals surface area (Å²) in [7, 11) is 0. The first-order valence-electron chi connectivity index (χ1n) is 6.65. The van der Waals surface area contributed by atoms with Crippen LogP contribution in [0.25, 0.3) is 0 Å².